The van der Waals surface area contributed by atoms with Crippen molar-refractivity contribution in [2.24, 2.45) is 0 Å². The van der Waals surface area contributed by atoms with Crippen LogP contribution in [0.3, 0.4) is 0 Å². The fourth-order valence-corrected chi connectivity index (χ4v) is 2.35. The van der Waals surface area contributed by atoms with E-state index in [2.05, 4.69) is 4.98 Å². The summed E-state index contributed by atoms with van der Waals surface area (Å²) in [5, 5.41) is 0.641. The van der Waals surface area contributed by atoms with Gasteiger partial charge in [-0.3, -0.25) is 4.98 Å². The van der Waals surface area contributed by atoms with Gasteiger partial charge in [0.05, 0.1) is 26.4 Å². The third kappa shape index (κ3) is 3.36. The highest BCUT2D eigenvalue weighted by molar-refractivity contribution is 6.31. The van der Waals surface area contributed by atoms with Crippen molar-refractivity contribution >= 4 is 17.3 Å². The number of rotatable bonds is 6. The van der Waals surface area contributed by atoms with Gasteiger partial charge in [-0.05, 0) is 11.6 Å². The first-order valence-corrected chi connectivity index (χ1v) is 7.08. The first-order chi connectivity index (χ1) is 10.6. The first kappa shape index (κ1) is 16.2. The third-order valence-corrected chi connectivity index (χ3v) is 3.69. The SMILES string of the molecule is COc1cc(N(C)Cc2ccncc2Cl)cc(OC)c1OC. The molecule has 0 aliphatic rings. The molecule has 2 aromatic rings. The summed E-state index contributed by atoms with van der Waals surface area (Å²) < 4.78 is 16.1. The van der Waals surface area contributed by atoms with Crippen LogP contribution in [0.2, 0.25) is 5.02 Å². The molecule has 118 valence electrons. The fraction of sp³-hybridized carbons (Fsp3) is 0.312. The Bertz CT molecular complexity index is 624. The van der Waals surface area contributed by atoms with Gasteiger partial charge in [0.1, 0.15) is 0 Å². The molecule has 2 rings (SSSR count). The van der Waals surface area contributed by atoms with E-state index in [4.69, 9.17) is 25.8 Å². The van der Waals surface area contributed by atoms with Crippen molar-refractivity contribution in [2.45, 2.75) is 6.54 Å². The maximum Gasteiger partial charge on any atom is 0.203 e. The minimum absolute atomic E-state index is 0.573. The number of ether oxygens (including phenoxy) is 3. The number of pyridine rings is 1. The maximum absolute atomic E-state index is 6.16. The quantitative estimate of drug-likeness (QED) is 0.815. The molecule has 1 aromatic carbocycles. The van der Waals surface area contributed by atoms with Gasteiger partial charge in [0, 0.05) is 43.8 Å². The van der Waals surface area contributed by atoms with Gasteiger partial charge in [-0.2, -0.15) is 0 Å². The summed E-state index contributed by atoms with van der Waals surface area (Å²) in [4.78, 5) is 6.04. The number of aromatic nitrogens is 1. The van der Waals surface area contributed by atoms with Crippen molar-refractivity contribution in [3.05, 3.63) is 41.2 Å². The largest absolute Gasteiger partial charge is 0.493 e. The highest BCUT2D eigenvalue weighted by Gasteiger charge is 2.15. The predicted molar refractivity (Wildman–Crippen MR) is 87.5 cm³/mol. The van der Waals surface area contributed by atoms with Crippen molar-refractivity contribution in [1.29, 1.82) is 0 Å². The molecule has 22 heavy (non-hydrogen) atoms. The molecule has 0 saturated heterocycles. The second-order valence-corrected chi connectivity index (χ2v) is 5.11. The Balaban J connectivity index is 2.33. The molecule has 1 aromatic heterocycles. The molecule has 0 saturated carbocycles. The Labute approximate surface area is 135 Å². The Kier molecular flexibility index (Phi) is 5.33. The Morgan fingerprint density at radius 2 is 1.73 bits per heavy atom. The van der Waals surface area contributed by atoms with E-state index in [0.717, 1.165) is 11.3 Å². The van der Waals surface area contributed by atoms with Gasteiger partial charge in [-0.1, -0.05) is 11.6 Å². The molecule has 5 nitrogen and oxygen atoms in total. The topological polar surface area (TPSA) is 43.8 Å². The number of hydrogen-bond donors (Lipinski definition) is 0. The summed E-state index contributed by atoms with van der Waals surface area (Å²) in [5.41, 5.74) is 1.93. The van der Waals surface area contributed by atoms with Crippen molar-refractivity contribution in [3.63, 3.8) is 0 Å². The highest BCUT2D eigenvalue weighted by Crippen LogP contribution is 2.41. The number of hydrogen-bond acceptors (Lipinski definition) is 5. The van der Waals surface area contributed by atoms with Crippen LogP contribution in [0, 0.1) is 0 Å². The zero-order valence-electron chi connectivity index (χ0n) is 13.1. The number of benzene rings is 1. The minimum Gasteiger partial charge on any atom is -0.493 e. The number of nitrogens with zero attached hydrogens (tertiary/aromatic N) is 2. The van der Waals surface area contributed by atoms with E-state index in [9.17, 15) is 0 Å². The van der Waals surface area contributed by atoms with Gasteiger partial charge in [0.15, 0.2) is 11.5 Å². The minimum atomic E-state index is 0.573. The first-order valence-electron chi connectivity index (χ1n) is 6.70. The third-order valence-electron chi connectivity index (χ3n) is 3.35. The number of methoxy groups -OCH3 is 3. The van der Waals surface area contributed by atoms with E-state index in [0.29, 0.717) is 28.8 Å². The zero-order chi connectivity index (χ0) is 16.1. The van der Waals surface area contributed by atoms with Crippen molar-refractivity contribution < 1.29 is 14.2 Å². The molecular weight excluding hydrogens is 304 g/mol. The van der Waals surface area contributed by atoms with Crippen LogP contribution in [0.25, 0.3) is 0 Å². The lowest BCUT2D eigenvalue weighted by Gasteiger charge is -2.22. The molecule has 0 aliphatic heterocycles. The summed E-state index contributed by atoms with van der Waals surface area (Å²) in [7, 11) is 6.75. The molecule has 0 amide bonds. The molecule has 0 N–H and O–H groups in total. The summed E-state index contributed by atoms with van der Waals surface area (Å²) >= 11 is 6.16. The van der Waals surface area contributed by atoms with Gasteiger partial charge in [-0.15, -0.1) is 0 Å². The fourth-order valence-electron chi connectivity index (χ4n) is 2.17. The molecule has 0 spiro atoms. The molecular formula is C16H19ClN2O3. The maximum atomic E-state index is 6.16. The standard InChI is InChI=1S/C16H19ClN2O3/c1-19(10-11-5-6-18-9-13(11)17)12-7-14(20-2)16(22-4)15(8-12)21-3/h5-9H,10H2,1-4H3. The van der Waals surface area contributed by atoms with E-state index >= 15 is 0 Å². The van der Waals surface area contributed by atoms with E-state index < -0.39 is 0 Å². The average molecular weight is 323 g/mol. The van der Waals surface area contributed by atoms with Crippen LogP contribution in [0.15, 0.2) is 30.6 Å². The van der Waals surface area contributed by atoms with E-state index in [-0.39, 0.29) is 0 Å². The van der Waals surface area contributed by atoms with Gasteiger partial charge in [-0.25, -0.2) is 0 Å². The molecule has 0 aliphatic carbocycles. The van der Waals surface area contributed by atoms with Crippen molar-refractivity contribution in [3.8, 4) is 17.2 Å². The van der Waals surface area contributed by atoms with Crippen molar-refractivity contribution in [1.82, 2.24) is 4.98 Å². The smallest absolute Gasteiger partial charge is 0.203 e. The van der Waals surface area contributed by atoms with Gasteiger partial charge in [0.2, 0.25) is 5.75 Å². The number of anilines is 1. The van der Waals surface area contributed by atoms with Crippen LogP contribution in [-0.4, -0.2) is 33.4 Å². The molecule has 1 heterocycles. The van der Waals surface area contributed by atoms with E-state index in [1.165, 1.54) is 0 Å². The lowest BCUT2D eigenvalue weighted by molar-refractivity contribution is 0.324. The van der Waals surface area contributed by atoms with Crippen molar-refractivity contribution in [2.75, 3.05) is 33.3 Å². The van der Waals surface area contributed by atoms with Crippen LogP contribution in [0.4, 0.5) is 5.69 Å². The van der Waals surface area contributed by atoms with Crippen LogP contribution >= 0.6 is 11.6 Å². The summed E-state index contributed by atoms with van der Waals surface area (Å²) in [6.45, 7) is 0.639. The van der Waals surface area contributed by atoms with Crippen LogP contribution in [-0.2, 0) is 6.54 Å². The summed E-state index contributed by atoms with van der Waals surface area (Å²) in [5.74, 6) is 1.80. The van der Waals surface area contributed by atoms with E-state index in [1.807, 2.05) is 30.1 Å². The second-order valence-electron chi connectivity index (χ2n) is 4.71. The second kappa shape index (κ2) is 7.22. The predicted octanol–water partition coefficient (Wildman–Crippen LogP) is 3.40. The van der Waals surface area contributed by atoms with Crippen LogP contribution < -0.4 is 19.1 Å². The summed E-state index contributed by atoms with van der Waals surface area (Å²) in [6.07, 6.45) is 3.37. The van der Waals surface area contributed by atoms with Gasteiger partial charge in [0.25, 0.3) is 0 Å². The molecule has 0 fully saturated rings. The van der Waals surface area contributed by atoms with Gasteiger partial charge < -0.3 is 19.1 Å². The van der Waals surface area contributed by atoms with Crippen LogP contribution in [0.5, 0.6) is 17.2 Å². The van der Waals surface area contributed by atoms with Gasteiger partial charge >= 0.3 is 0 Å². The molecule has 0 bridgehead atoms. The highest BCUT2D eigenvalue weighted by atomic mass is 35.5. The average Bonchev–Trinajstić information content (AvgIpc) is 2.55. The molecule has 6 heteroatoms. The zero-order valence-corrected chi connectivity index (χ0v) is 13.8. The monoisotopic (exact) mass is 322 g/mol. The van der Waals surface area contributed by atoms with Crippen LogP contribution in [0.1, 0.15) is 5.56 Å². The van der Waals surface area contributed by atoms with E-state index in [1.54, 1.807) is 33.7 Å². The Hall–Kier alpha value is -2.14. The summed E-state index contributed by atoms with van der Waals surface area (Å²) in [6, 6.07) is 5.70. The Morgan fingerprint density at radius 1 is 1.09 bits per heavy atom. The molecule has 0 radical (unpaired) electrons. The Morgan fingerprint density at radius 3 is 2.23 bits per heavy atom. The normalized spacial score (nSPS) is 10.2. The lowest BCUT2D eigenvalue weighted by Crippen LogP contribution is -2.17. The lowest BCUT2D eigenvalue weighted by atomic mass is 10.2. The molecule has 0 unspecified atom stereocenters. The number of halogens is 1. The molecule has 0 atom stereocenters.